The van der Waals surface area contributed by atoms with Gasteiger partial charge in [0.25, 0.3) is 0 Å². The molecule has 1 heterocycles. The zero-order valence-electron chi connectivity index (χ0n) is 14.2. The van der Waals surface area contributed by atoms with Gasteiger partial charge >= 0.3 is 5.69 Å². The number of nitrogens with zero attached hydrogens (tertiary/aromatic N) is 3. The number of aromatic nitrogens is 3. The van der Waals surface area contributed by atoms with Crippen LogP contribution in [0.2, 0.25) is 0 Å². The molecule has 0 saturated heterocycles. The summed E-state index contributed by atoms with van der Waals surface area (Å²) < 4.78 is 21.8. The van der Waals surface area contributed by atoms with Gasteiger partial charge in [-0.3, -0.25) is 0 Å². The number of hydrogen-bond donors (Lipinski definition) is 2. The molecule has 0 aliphatic carbocycles. The number of aliphatic hydroxyl groups excluding tert-OH is 1. The third-order valence-corrected chi connectivity index (χ3v) is 3.73. The zero-order valence-corrected chi connectivity index (χ0v) is 14.2. The minimum absolute atomic E-state index is 0.0335. The quantitative estimate of drug-likeness (QED) is 0.672. The van der Waals surface area contributed by atoms with Crippen molar-refractivity contribution in [1.29, 1.82) is 0 Å². The lowest BCUT2D eigenvalue weighted by atomic mass is 10.2. The lowest BCUT2D eigenvalue weighted by Crippen LogP contribution is -2.22. The number of nitrogens with one attached hydrogen (secondary N) is 1. The Hall–Kier alpha value is -3.13. The summed E-state index contributed by atoms with van der Waals surface area (Å²) in [5.74, 6) is -0.0641. The first-order valence-electron chi connectivity index (χ1n) is 8.07. The molecule has 3 aromatic rings. The van der Waals surface area contributed by atoms with Crippen molar-refractivity contribution < 1.29 is 14.2 Å². The van der Waals surface area contributed by atoms with Crippen LogP contribution in [0.15, 0.2) is 53.3 Å². The second-order valence-electron chi connectivity index (χ2n) is 5.59. The lowest BCUT2D eigenvalue weighted by Gasteiger charge is -2.10. The third-order valence-electron chi connectivity index (χ3n) is 3.73. The van der Waals surface area contributed by atoms with Crippen LogP contribution in [0.4, 0.5) is 10.3 Å². The van der Waals surface area contributed by atoms with Gasteiger partial charge in [0.2, 0.25) is 5.95 Å². The van der Waals surface area contributed by atoms with Crippen molar-refractivity contribution in [3.05, 3.63) is 70.4 Å². The highest BCUT2D eigenvalue weighted by molar-refractivity contribution is 5.41. The van der Waals surface area contributed by atoms with E-state index in [4.69, 9.17) is 9.84 Å². The van der Waals surface area contributed by atoms with Crippen LogP contribution in [0.5, 0.6) is 5.75 Å². The predicted molar refractivity (Wildman–Crippen MR) is 95.1 cm³/mol. The molecule has 0 bridgehead atoms. The molecule has 0 fully saturated rings. The molecule has 0 aliphatic heterocycles. The van der Waals surface area contributed by atoms with E-state index in [0.717, 1.165) is 0 Å². The average molecular weight is 358 g/mol. The van der Waals surface area contributed by atoms with E-state index in [1.54, 1.807) is 25.2 Å². The largest absolute Gasteiger partial charge is 0.488 e. The summed E-state index contributed by atoms with van der Waals surface area (Å²) >= 11 is 0. The first-order chi connectivity index (χ1) is 12.6. The first kappa shape index (κ1) is 17.7. The molecular formula is C18H19FN4O3. The number of aliphatic hydroxyl groups is 1. The Kier molecular flexibility index (Phi) is 5.33. The molecule has 1 aromatic heterocycles. The van der Waals surface area contributed by atoms with Crippen LogP contribution in [0.3, 0.4) is 0 Å². The summed E-state index contributed by atoms with van der Waals surface area (Å²) in [6, 6.07) is 13.7. The van der Waals surface area contributed by atoms with E-state index in [-0.39, 0.29) is 31.2 Å². The van der Waals surface area contributed by atoms with Crippen LogP contribution in [0.1, 0.15) is 5.56 Å². The van der Waals surface area contributed by atoms with Crippen LogP contribution in [-0.2, 0) is 13.6 Å². The molecule has 0 radical (unpaired) electrons. The molecule has 2 N–H and O–H groups in total. The van der Waals surface area contributed by atoms with Crippen LogP contribution < -0.4 is 15.7 Å². The molecule has 26 heavy (non-hydrogen) atoms. The highest BCUT2D eigenvalue weighted by Crippen LogP contribution is 2.19. The van der Waals surface area contributed by atoms with E-state index in [9.17, 15) is 9.18 Å². The smallest absolute Gasteiger partial charge is 0.351 e. The van der Waals surface area contributed by atoms with Gasteiger partial charge in [-0.1, -0.05) is 24.3 Å². The fraction of sp³-hybridized carbons (Fsp3) is 0.222. The fourth-order valence-corrected chi connectivity index (χ4v) is 2.50. The van der Waals surface area contributed by atoms with Crippen LogP contribution in [0, 0.1) is 5.82 Å². The summed E-state index contributed by atoms with van der Waals surface area (Å²) in [5.41, 5.74) is 1.07. The van der Waals surface area contributed by atoms with Gasteiger partial charge in [0, 0.05) is 13.6 Å². The summed E-state index contributed by atoms with van der Waals surface area (Å²) in [6.45, 7) is 0.131. The highest BCUT2D eigenvalue weighted by Gasteiger charge is 2.13. The van der Waals surface area contributed by atoms with E-state index < -0.39 is 5.82 Å². The zero-order chi connectivity index (χ0) is 18.5. The van der Waals surface area contributed by atoms with Crippen LogP contribution >= 0.6 is 0 Å². The van der Waals surface area contributed by atoms with Gasteiger partial charge in [-0.25, -0.2) is 18.4 Å². The Morgan fingerprint density at radius 2 is 2.00 bits per heavy atom. The lowest BCUT2D eigenvalue weighted by molar-refractivity contribution is 0.196. The predicted octanol–water partition coefficient (Wildman–Crippen LogP) is 1.69. The minimum atomic E-state index is -0.515. The van der Waals surface area contributed by atoms with Gasteiger partial charge in [-0.05, 0) is 29.8 Å². The highest BCUT2D eigenvalue weighted by atomic mass is 19.1. The Morgan fingerprint density at radius 1 is 1.23 bits per heavy atom. The van der Waals surface area contributed by atoms with Gasteiger partial charge in [0.05, 0.1) is 12.3 Å². The molecule has 0 atom stereocenters. The number of para-hydroxylation sites is 1. The van der Waals surface area contributed by atoms with Crippen molar-refractivity contribution in [3.63, 3.8) is 0 Å². The van der Waals surface area contributed by atoms with E-state index in [2.05, 4.69) is 10.4 Å². The van der Waals surface area contributed by atoms with Gasteiger partial charge in [-0.2, -0.15) is 0 Å². The second-order valence-corrected chi connectivity index (χ2v) is 5.59. The molecule has 136 valence electrons. The summed E-state index contributed by atoms with van der Waals surface area (Å²) in [5, 5.41) is 16.0. The molecular weight excluding hydrogens is 339 g/mol. The number of ether oxygens (including phenoxy) is 1. The van der Waals surface area contributed by atoms with E-state index >= 15 is 0 Å². The fourth-order valence-electron chi connectivity index (χ4n) is 2.50. The van der Waals surface area contributed by atoms with E-state index in [0.29, 0.717) is 17.2 Å². The Morgan fingerprint density at radius 3 is 2.69 bits per heavy atom. The normalized spacial score (nSPS) is 10.7. The number of rotatable bonds is 7. The topological polar surface area (TPSA) is 81.3 Å². The maximum absolute atomic E-state index is 14.0. The van der Waals surface area contributed by atoms with Crippen molar-refractivity contribution in [1.82, 2.24) is 14.3 Å². The standard InChI is InChI=1S/C18H19FN4O3/c1-22-18(25)23(14-5-3-2-4-6-14)17(21-22)20-12-13-7-8-16(15(19)11-13)26-10-9-24/h2-8,11,24H,9-10,12H2,1H3,(H,20,21). The van der Waals surface area contributed by atoms with Gasteiger partial charge in [-0.15, -0.1) is 5.10 Å². The van der Waals surface area contributed by atoms with Gasteiger partial charge in [0.1, 0.15) is 6.61 Å². The number of hydrogen-bond acceptors (Lipinski definition) is 5. The Balaban J connectivity index is 1.80. The van der Waals surface area contributed by atoms with Crippen molar-refractivity contribution in [2.45, 2.75) is 6.54 Å². The van der Waals surface area contributed by atoms with Gasteiger partial charge < -0.3 is 15.2 Å². The Bertz CT molecular complexity index is 937. The maximum atomic E-state index is 14.0. The van der Waals surface area contributed by atoms with Crippen LogP contribution in [0.25, 0.3) is 5.69 Å². The Labute approximate surface area is 149 Å². The molecule has 0 saturated carbocycles. The molecule has 7 nitrogen and oxygen atoms in total. The summed E-state index contributed by atoms with van der Waals surface area (Å²) in [4.78, 5) is 12.3. The van der Waals surface area contributed by atoms with Crippen molar-refractivity contribution in [2.24, 2.45) is 7.05 Å². The van der Waals surface area contributed by atoms with Crippen molar-refractivity contribution in [2.75, 3.05) is 18.5 Å². The molecule has 0 spiro atoms. The molecule has 0 amide bonds. The number of aryl methyl sites for hydroxylation is 1. The van der Waals surface area contributed by atoms with Crippen LogP contribution in [-0.4, -0.2) is 32.7 Å². The van der Waals surface area contributed by atoms with Gasteiger partial charge in [0.15, 0.2) is 11.6 Å². The molecule has 0 aliphatic rings. The number of benzene rings is 2. The van der Waals surface area contributed by atoms with Crippen molar-refractivity contribution in [3.8, 4) is 11.4 Å². The monoisotopic (exact) mass is 358 g/mol. The third kappa shape index (κ3) is 3.75. The molecule has 2 aromatic carbocycles. The summed E-state index contributed by atoms with van der Waals surface area (Å²) in [7, 11) is 1.57. The first-order valence-corrected chi connectivity index (χ1v) is 8.07. The number of halogens is 1. The summed E-state index contributed by atoms with van der Waals surface area (Å²) in [6.07, 6.45) is 0. The van der Waals surface area contributed by atoms with E-state index in [1.807, 2.05) is 18.2 Å². The molecule has 3 rings (SSSR count). The minimum Gasteiger partial charge on any atom is -0.488 e. The molecule has 8 heteroatoms. The molecule has 0 unspecified atom stereocenters. The maximum Gasteiger partial charge on any atom is 0.351 e. The number of anilines is 1. The van der Waals surface area contributed by atoms with E-state index in [1.165, 1.54) is 21.4 Å². The average Bonchev–Trinajstić information content (AvgIpc) is 2.94. The van der Waals surface area contributed by atoms with Crippen molar-refractivity contribution >= 4 is 5.95 Å². The second kappa shape index (κ2) is 7.83. The SMILES string of the molecule is Cn1nc(NCc2ccc(OCCO)c(F)c2)n(-c2ccccc2)c1=O.